The Hall–Kier alpha value is -0.550. The molecule has 0 aliphatic carbocycles. The Morgan fingerprint density at radius 1 is 0.833 bits per heavy atom. The van der Waals surface area contributed by atoms with Gasteiger partial charge in [0.25, 0.3) is 0 Å². The maximum atomic E-state index is 4.34. The van der Waals surface area contributed by atoms with E-state index in [2.05, 4.69) is 27.0 Å². The summed E-state index contributed by atoms with van der Waals surface area (Å²) in [6, 6.07) is 0. The minimum Gasteiger partial charge on any atom is -0.297 e. The Labute approximate surface area is 190 Å². The van der Waals surface area contributed by atoms with Crippen molar-refractivity contribution in [1.82, 2.24) is 20.1 Å². The molecule has 4 nitrogen and oxygen atoms in total. The SMILES string of the molecule is CCCCCCCCCCCCCCCCCCSc1nncn1C1CCCCN1. The third kappa shape index (κ3) is 11.7. The van der Waals surface area contributed by atoms with E-state index >= 15 is 0 Å². The van der Waals surface area contributed by atoms with Gasteiger partial charge in [-0.05, 0) is 32.2 Å². The molecule has 2 rings (SSSR count). The van der Waals surface area contributed by atoms with Crippen molar-refractivity contribution in [3.8, 4) is 0 Å². The lowest BCUT2D eigenvalue weighted by Gasteiger charge is -2.25. The van der Waals surface area contributed by atoms with Gasteiger partial charge in [0.05, 0.1) is 6.17 Å². The number of hydrogen-bond donors (Lipinski definition) is 1. The van der Waals surface area contributed by atoms with Crippen molar-refractivity contribution in [2.45, 2.75) is 140 Å². The van der Waals surface area contributed by atoms with Crippen LogP contribution in [0.1, 0.15) is 135 Å². The number of aromatic nitrogens is 3. The molecule has 0 saturated carbocycles. The lowest BCUT2D eigenvalue weighted by molar-refractivity contribution is 0.305. The molecular formula is C25H48N4S. The van der Waals surface area contributed by atoms with E-state index in [1.54, 1.807) is 0 Å². The zero-order valence-corrected chi connectivity index (χ0v) is 20.6. The van der Waals surface area contributed by atoms with E-state index in [0.29, 0.717) is 6.17 Å². The average molecular weight is 437 g/mol. The highest BCUT2D eigenvalue weighted by molar-refractivity contribution is 7.99. The van der Waals surface area contributed by atoms with Crippen LogP contribution in [0.25, 0.3) is 0 Å². The Bertz CT molecular complexity index is 499. The van der Waals surface area contributed by atoms with Gasteiger partial charge in [-0.25, -0.2) is 0 Å². The molecule has 1 aliphatic rings. The average Bonchev–Trinajstić information content (AvgIpc) is 3.25. The Morgan fingerprint density at radius 2 is 1.40 bits per heavy atom. The smallest absolute Gasteiger partial charge is 0.192 e. The minimum absolute atomic E-state index is 0.405. The van der Waals surface area contributed by atoms with E-state index in [1.165, 1.54) is 128 Å². The van der Waals surface area contributed by atoms with Crippen LogP contribution in [-0.4, -0.2) is 27.1 Å². The fourth-order valence-electron chi connectivity index (χ4n) is 4.43. The van der Waals surface area contributed by atoms with E-state index in [4.69, 9.17) is 0 Å². The number of nitrogens with zero attached hydrogens (tertiary/aromatic N) is 3. The van der Waals surface area contributed by atoms with Gasteiger partial charge in [0, 0.05) is 5.75 Å². The topological polar surface area (TPSA) is 42.7 Å². The predicted molar refractivity (Wildman–Crippen MR) is 131 cm³/mol. The standard InChI is InChI=1S/C25H48N4S/c1-2-3-4-5-6-7-8-9-10-11-12-13-14-15-16-19-22-30-25-28-27-23-29(25)24-20-17-18-21-26-24/h23-24,26H,2-22H2,1H3. The van der Waals surface area contributed by atoms with Crippen LogP contribution in [0.4, 0.5) is 0 Å². The quantitative estimate of drug-likeness (QED) is 0.177. The Morgan fingerprint density at radius 3 is 1.93 bits per heavy atom. The van der Waals surface area contributed by atoms with Gasteiger partial charge in [-0.2, -0.15) is 0 Å². The largest absolute Gasteiger partial charge is 0.297 e. The molecule has 0 spiro atoms. The normalized spacial score (nSPS) is 16.9. The van der Waals surface area contributed by atoms with Gasteiger partial charge in [-0.15, -0.1) is 10.2 Å². The number of thioether (sulfide) groups is 1. The summed E-state index contributed by atoms with van der Waals surface area (Å²) in [7, 11) is 0. The van der Waals surface area contributed by atoms with Crippen LogP contribution < -0.4 is 5.32 Å². The van der Waals surface area contributed by atoms with Gasteiger partial charge < -0.3 is 0 Å². The molecule has 174 valence electrons. The molecule has 30 heavy (non-hydrogen) atoms. The van der Waals surface area contributed by atoms with E-state index in [0.717, 1.165) is 11.7 Å². The first-order chi connectivity index (χ1) is 14.9. The van der Waals surface area contributed by atoms with Crippen LogP contribution in [-0.2, 0) is 0 Å². The van der Waals surface area contributed by atoms with Crippen LogP contribution in [0, 0.1) is 0 Å². The molecule has 1 N–H and O–H groups in total. The van der Waals surface area contributed by atoms with E-state index in [1.807, 2.05) is 18.1 Å². The zero-order chi connectivity index (χ0) is 21.1. The van der Waals surface area contributed by atoms with E-state index in [9.17, 15) is 0 Å². The van der Waals surface area contributed by atoms with Gasteiger partial charge in [0.1, 0.15) is 6.33 Å². The molecule has 0 bridgehead atoms. The summed E-state index contributed by atoms with van der Waals surface area (Å²) >= 11 is 1.88. The van der Waals surface area contributed by atoms with Crippen molar-refractivity contribution >= 4 is 11.8 Å². The molecule has 1 unspecified atom stereocenters. The van der Waals surface area contributed by atoms with Crippen LogP contribution in [0.5, 0.6) is 0 Å². The summed E-state index contributed by atoms with van der Waals surface area (Å²) in [5.74, 6) is 1.17. The summed E-state index contributed by atoms with van der Waals surface area (Å²) in [5.41, 5.74) is 0. The number of nitrogens with one attached hydrogen (secondary N) is 1. The molecule has 0 aromatic carbocycles. The van der Waals surface area contributed by atoms with Crippen molar-refractivity contribution in [3.63, 3.8) is 0 Å². The molecule has 1 aromatic heterocycles. The van der Waals surface area contributed by atoms with E-state index in [-0.39, 0.29) is 0 Å². The zero-order valence-electron chi connectivity index (χ0n) is 19.8. The number of piperidine rings is 1. The van der Waals surface area contributed by atoms with Gasteiger partial charge in [-0.3, -0.25) is 9.88 Å². The highest BCUT2D eigenvalue weighted by Crippen LogP contribution is 2.24. The summed E-state index contributed by atoms with van der Waals surface area (Å²) in [4.78, 5) is 0. The molecule has 0 radical (unpaired) electrons. The lowest BCUT2D eigenvalue weighted by Crippen LogP contribution is -2.31. The second-order valence-corrected chi connectivity index (χ2v) is 10.2. The Balaban J connectivity index is 1.33. The molecule has 1 aromatic rings. The number of hydrogen-bond acceptors (Lipinski definition) is 4. The molecule has 2 heterocycles. The van der Waals surface area contributed by atoms with Crippen LogP contribution >= 0.6 is 11.8 Å². The second kappa shape index (κ2) is 18.1. The van der Waals surface area contributed by atoms with Crippen molar-refractivity contribution in [1.29, 1.82) is 0 Å². The summed E-state index contributed by atoms with van der Waals surface area (Å²) in [5, 5.41) is 13.2. The van der Waals surface area contributed by atoms with Gasteiger partial charge >= 0.3 is 0 Å². The molecule has 1 fully saturated rings. The summed E-state index contributed by atoms with van der Waals surface area (Å²) in [6.45, 7) is 3.41. The molecule has 1 atom stereocenters. The lowest BCUT2D eigenvalue weighted by atomic mass is 10.0. The first kappa shape index (κ1) is 25.7. The fraction of sp³-hybridized carbons (Fsp3) is 0.920. The number of rotatable bonds is 19. The molecule has 5 heteroatoms. The van der Waals surface area contributed by atoms with Crippen LogP contribution in [0.2, 0.25) is 0 Å². The maximum absolute atomic E-state index is 4.34. The predicted octanol–water partition coefficient (Wildman–Crippen LogP) is 7.90. The van der Waals surface area contributed by atoms with Crippen molar-refractivity contribution in [3.05, 3.63) is 6.33 Å². The second-order valence-electron chi connectivity index (χ2n) is 9.14. The fourth-order valence-corrected chi connectivity index (χ4v) is 5.39. The monoisotopic (exact) mass is 436 g/mol. The third-order valence-corrected chi connectivity index (χ3v) is 7.43. The molecule has 1 aliphatic heterocycles. The Kier molecular flexibility index (Phi) is 15.5. The third-order valence-electron chi connectivity index (χ3n) is 6.39. The first-order valence-electron chi connectivity index (χ1n) is 13.2. The van der Waals surface area contributed by atoms with Crippen molar-refractivity contribution in [2.75, 3.05) is 12.3 Å². The number of unbranched alkanes of at least 4 members (excludes halogenated alkanes) is 15. The highest BCUT2D eigenvalue weighted by Gasteiger charge is 2.17. The van der Waals surface area contributed by atoms with Gasteiger partial charge in [0.15, 0.2) is 5.16 Å². The van der Waals surface area contributed by atoms with Crippen molar-refractivity contribution in [2.24, 2.45) is 0 Å². The van der Waals surface area contributed by atoms with Gasteiger partial charge in [0.2, 0.25) is 0 Å². The van der Waals surface area contributed by atoms with Gasteiger partial charge in [-0.1, -0.05) is 115 Å². The molecule has 1 saturated heterocycles. The summed E-state index contributed by atoms with van der Waals surface area (Å²) in [6.07, 6.45) is 29.0. The molecular weight excluding hydrogens is 388 g/mol. The highest BCUT2D eigenvalue weighted by atomic mass is 32.2. The summed E-state index contributed by atoms with van der Waals surface area (Å²) < 4.78 is 2.25. The maximum Gasteiger partial charge on any atom is 0.192 e. The van der Waals surface area contributed by atoms with Crippen molar-refractivity contribution < 1.29 is 0 Å². The first-order valence-corrected chi connectivity index (χ1v) is 14.2. The van der Waals surface area contributed by atoms with E-state index < -0.39 is 0 Å². The van der Waals surface area contributed by atoms with Crippen LogP contribution in [0.15, 0.2) is 11.5 Å². The van der Waals surface area contributed by atoms with Crippen LogP contribution in [0.3, 0.4) is 0 Å². The molecule has 0 amide bonds. The minimum atomic E-state index is 0.405.